The number of rotatable bonds is 4. The number of ether oxygens (including phenoxy) is 1. The fraction of sp³-hybridized carbons (Fsp3) is 0.800. The third-order valence-electron chi connectivity index (χ3n) is 3.66. The van der Waals surface area contributed by atoms with E-state index < -0.39 is 12.7 Å². The zero-order valence-corrected chi connectivity index (χ0v) is 13.8. The van der Waals surface area contributed by atoms with E-state index in [1.807, 2.05) is 48.5 Å². The smallest absolute Gasteiger partial charge is 0.460 e. The Morgan fingerprint density at radius 3 is 1.95 bits per heavy atom. The van der Waals surface area contributed by atoms with Crippen molar-refractivity contribution in [1.29, 1.82) is 0 Å². The molecule has 0 bridgehead atoms. The van der Waals surface area contributed by atoms with Crippen molar-refractivity contribution in [2.24, 2.45) is 0 Å². The highest BCUT2D eigenvalue weighted by Gasteiger charge is 2.51. The second-order valence-electron chi connectivity index (χ2n) is 7.33. The molecule has 1 aliphatic rings. The molecule has 1 aliphatic heterocycles. The molecule has 0 aromatic rings. The van der Waals surface area contributed by atoms with Gasteiger partial charge in [0.2, 0.25) is 0 Å². The summed E-state index contributed by atoms with van der Waals surface area (Å²) in [6.07, 6.45) is 0.798. The molecule has 5 heteroatoms. The van der Waals surface area contributed by atoms with Gasteiger partial charge in [0.1, 0.15) is 5.60 Å². The van der Waals surface area contributed by atoms with Crippen LogP contribution in [0.4, 0.5) is 0 Å². The summed E-state index contributed by atoms with van der Waals surface area (Å²) in [5.74, 6) is -0.227. The zero-order chi connectivity index (χ0) is 15.8. The lowest BCUT2D eigenvalue weighted by molar-refractivity contribution is -0.154. The molecule has 0 atom stereocenters. The van der Waals surface area contributed by atoms with E-state index in [4.69, 9.17) is 14.0 Å². The van der Waals surface area contributed by atoms with Gasteiger partial charge in [0.05, 0.1) is 11.2 Å². The maximum absolute atomic E-state index is 11.7. The van der Waals surface area contributed by atoms with Gasteiger partial charge in [0.15, 0.2) is 0 Å². The average Bonchev–Trinajstić information content (AvgIpc) is 2.42. The molecule has 0 radical (unpaired) electrons. The van der Waals surface area contributed by atoms with Crippen LogP contribution in [-0.2, 0) is 18.8 Å². The molecule has 0 unspecified atom stereocenters. The number of hydrogen-bond donors (Lipinski definition) is 0. The first kappa shape index (κ1) is 17.2. The molecule has 114 valence electrons. The monoisotopic (exact) mass is 282 g/mol. The second kappa shape index (κ2) is 5.53. The summed E-state index contributed by atoms with van der Waals surface area (Å²) in [6, 6.07) is 0. The first-order valence-electron chi connectivity index (χ1n) is 7.09. The van der Waals surface area contributed by atoms with Crippen LogP contribution in [0.1, 0.15) is 61.3 Å². The molecule has 0 aliphatic carbocycles. The van der Waals surface area contributed by atoms with Crippen LogP contribution < -0.4 is 0 Å². The Hall–Kier alpha value is -0.805. The molecule has 1 heterocycles. The van der Waals surface area contributed by atoms with Crippen LogP contribution in [0.2, 0.25) is 0 Å². The van der Waals surface area contributed by atoms with Crippen molar-refractivity contribution >= 4 is 13.1 Å². The molecular weight excluding hydrogens is 255 g/mol. The SMILES string of the molecule is C=C(CCC(=O)OC(C)(C)C)B1OC(C)(C)C(C)(C)O1. The molecule has 1 rings (SSSR count). The highest BCUT2D eigenvalue weighted by molar-refractivity contribution is 6.54. The summed E-state index contributed by atoms with van der Waals surface area (Å²) in [5, 5.41) is 0. The van der Waals surface area contributed by atoms with E-state index in [2.05, 4.69) is 6.58 Å². The number of esters is 1. The number of carbonyl (C=O) groups excluding carboxylic acids is 1. The van der Waals surface area contributed by atoms with Gasteiger partial charge >= 0.3 is 13.1 Å². The minimum absolute atomic E-state index is 0.227. The van der Waals surface area contributed by atoms with Crippen LogP contribution in [0.3, 0.4) is 0 Å². The Morgan fingerprint density at radius 1 is 1.10 bits per heavy atom. The molecule has 0 saturated carbocycles. The van der Waals surface area contributed by atoms with E-state index in [9.17, 15) is 4.79 Å². The number of hydrogen-bond acceptors (Lipinski definition) is 4. The number of carbonyl (C=O) groups is 1. The van der Waals surface area contributed by atoms with E-state index in [0.717, 1.165) is 5.47 Å². The van der Waals surface area contributed by atoms with E-state index in [1.165, 1.54) is 0 Å². The van der Waals surface area contributed by atoms with E-state index >= 15 is 0 Å². The summed E-state index contributed by atoms with van der Waals surface area (Å²) < 4.78 is 17.0. The molecule has 0 aromatic carbocycles. The standard InChI is InChI=1S/C15H27BO4/c1-11(9-10-12(17)18-13(2,3)4)16-19-14(5,6)15(7,8)20-16/h1,9-10H2,2-8H3. The van der Waals surface area contributed by atoms with Gasteiger partial charge in [-0.2, -0.15) is 0 Å². The summed E-state index contributed by atoms with van der Waals surface area (Å²) in [5.41, 5.74) is -0.448. The Kier molecular flexibility index (Phi) is 4.77. The minimum Gasteiger partial charge on any atom is -0.460 e. The Balaban J connectivity index is 2.48. The van der Waals surface area contributed by atoms with Crippen molar-refractivity contribution in [1.82, 2.24) is 0 Å². The van der Waals surface area contributed by atoms with Gasteiger partial charge < -0.3 is 14.0 Å². The average molecular weight is 282 g/mol. The van der Waals surface area contributed by atoms with E-state index in [-0.39, 0.29) is 17.2 Å². The minimum atomic E-state index is -0.456. The van der Waals surface area contributed by atoms with Crippen molar-refractivity contribution < 1.29 is 18.8 Å². The summed E-state index contributed by atoms with van der Waals surface area (Å²) in [7, 11) is -0.456. The third-order valence-corrected chi connectivity index (χ3v) is 3.66. The summed E-state index contributed by atoms with van der Waals surface area (Å²) >= 11 is 0. The predicted molar refractivity (Wildman–Crippen MR) is 80.3 cm³/mol. The van der Waals surface area contributed by atoms with Crippen LogP contribution in [-0.4, -0.2) is 29.9 Å². The van der Waals surface area contributed by atoms with Crippen LogP contribution in [0.25, 0.3) is 0 Å². The van der Waals surface area contributed by atoms with Crippen LogP contribution in [0.5, 0.6) is 0 Å². The maximum Gasteiger partial charge on any atom is 0.489 e. The van der Waals surface area contributed by atoms with Crippen molar-refractivity contribution in [2.75, 3.05) is 0 Å². The lowest BCUT2D eigenvalue weighted by Crippen LogP contribution is -2.41. The maximum atomic E-state index is 11.7. The molecule has 1 saturated heterocycles. The molecule has 0 spiro atoms. The Labute approximate surface area is 123 Å². The fourth-order valence-electron chi connectivity index (χ4n) is 1.78. The second-order valence-corrected chi connectivity index (χ2v) is 7.33. The summed E-state index contributed by atoms with van der Waals surface area (Å²) in [6.45, 7) is 17.5. The van der Waals surface area contributed by atoms with Gasteiger partial charge in [-0.1, -0.05) is 0 Å². The van der Waals surface area contributed by atoms with Crippen LogP contribution in [0.15, 0.2) is 12.1 Å². The highest BCUT2D eigenvalue weighted by atomic mass is 16.7. The largest absolute Gasteiger partial charge is 0.489 e. The highest BCUT2D eigenvalue weighted by Crippen LogP contribution is 2.38. The van der Waals surface area contributed by atoms with E-state index in [1.54, 1.807) is 0 Å². The Morgan fingerprint density at radius 2 is 1.55 bits per heavy atom. The Bertz CT molecular complexity index is 377. The normalized spacial score (nSPS) is 20.9. The quantitative estimate of drug-likeness (QED) is 0.586. The van der Waals surface area contributed by atoms with Gasteiger partial charge in [-0.3, -0.25) is 4.79 Å². The van der Waals surface area contributed by atoms with Gasteiger partial charge in [-0.15, -0.1) is 6.58 Å². The van der Waals surface area contributed by atoms with Crippen LogP contribution >= 0.6 is 0 Å². The molecule has 4 nitrogen and oxygen atoms in total. The lowest BCUT2D eigenvalue weighted by atomic mass is 9.77. The van der Waals surface area contributed by atoms with Crippen molar-refractivity contribution in [3.05, 3.63) is 12.1 Å². The zero-order valence-electron chi connectivity index (χ0n) is 13.8. The molecule has 20 heavy (non-hydrogen) atoms. The van der Waals surface area contributed by atoms with E-state index in [0.29, 0.717) is 12.8 Å². The first-order chi connectivity index (χ1) is 8.84. The molecular formula is C15H27BO4. The van der Waals surface area contributed by atoms with Crippen molar-refractivity contribution in [3.63, 3.8) is 0 Å². The number of allylic oxidation sites excluding steroid dienone is 1. The van der Waals surface area contributed by atoms with Crippen molar-refractivity contribution in [2.45, 2.75) is 78.1 Å². The van der Waals surface area contributed by atoms with Gasteiger partial charge in [0, 0.05) is 6.42 Å². The van der Waals surface area contributed by atoms with Crippen LogP contribution in [0, 0.1) is 0 Å². The lowest BCUT2D eigenvalue weighted by Gasteiger charge is -2.32. The van der Waals surface area contributed by atoms with Gasteiger partial charge in [-0.05, 0) is 60.4 Å². The first-order valence-corrected chi connectivity index (χ1v) is 7.09. The van der Waals surface area contributed by atoms with Crippen molar-refractivity contribution in [3.8, 4) is 0 Å². The topological polar surface area (TPSA) is 44.8 Å². The molecule has 1 fully saturated rings. The predicted octanol–water partition coefficient (Wildman–Crippen LogP) is 3.30. The molecule has 0 amide bonds. The molecule has 0 aromatic heterocycles. The summed E-state index contributed by atoms with van der Waals surface area (Å²) in [4.78, 5) is 11.7. The van der Waals surface area contributed by atoms with Gasteiger partial charge in [0.25, 0.3) is 0 Å². The third kappa shape index (κ3) is 4.35. The van der Waals surface area contributed by atoms with Gasteiger partial charge in [-0.25, -0.2) is 0 Å². The molecule has 0 N–H and O–H groups in total. The fourth-order valence-corrected chi connectivity index (χ4v) is 1.78.